The van der Waals surface area contributed by atoms with Crippen molar-refractivity contribution in [2.24, 2.45) is 13.0 Å². The van der Waals surface area contributed by atoms with Gasteiger partial charge in [0.2, 0.25) is 11.9 Å². The number of fused-ring (bicyclic) bond motifs is 1. The van der Waals surface area contributed by atoms with Gasteiger partial charge in [0.1, 0.15) is 16.7 Å². The van der Waals surface area contributed by atoms with E-state index in [9.17, 15) is 18.4 Å². The average Bonchev–Trinajstić information content (AvgIpc) is 3.40. The van der Waals surface area contributed by atoms with E-state index in [2.05, 4.69) is 27.5 Å². The van der Waals surface area contributed by atoms with Crippen LogP contribution in [0.4, 0.5) is 20.4 Å². The van der Waals surface area contributed by atoms with Crippen molar-refractivity contribution in [3.8, 4) is 5.75 Å². The van der Waals surface area contributed by atoms with Crippen LogP contribution in [0.15, 0.2) is 36.4 Å². The number of hydrogen-bond donors (Lipinski definition) is 3. The minimum atomic E-state index is -2.74. The number of carbonyl (C=O) groups is 2. The van der Waals surface area contributed by atoms with Gasteiger partial charge in [-0.2, -0.15) is 0 Å². The van der Waals surface area contributed by atoms with Crippen LogP contribution in [-0.2, 0) is 18.4 Å². The second-order valence-corrected chi connectivity index (χ2v) is 11.7. The van der Waals surface area contributed by atoms with Crippen LogP contribution < -0.4 is 20.7 Å². The summed E-state index contributed by atoms with van der Waals surface area (Å²) in [6, 6.07) is 6.21. The summed E-state index contributed by atoms with van der Waals surface area (Å²) in [5.74, 6) is -0.712. The third-order valence-electron chi connectivity index (χ3n) is 6.29. The van der Waals surface area contributed by atoms with E-state index in [1.807, 2.05) is 0 Å². The van der Waals surface area contributed by atoms with E-state index in [1.54, 1.807) is 30.7 Å². The Morgan fingerprint density at radius 1 is 1.25 bits per heavy atom. The number of aryl methyl sites for hydroxylation is 1. The molecule has 0 radical (unpaired) electrons. The molecule has 8 nitrogen and oxygen atoms in total. The predicted molar refractivity (Wildman–Crippen MR) is 153 cm³/mol. The number of imidazole rings is 1. The lowest BCUT2D eigenvalue weighted by molar-refractivity contribution is -0.117. The van der Waals surface area contributed by atoms with Crippen LogP contribution in [0.5, 0.6) is 5.75 Å². The highest BCUT2D eigenvalue weighted by molar-refractivity contribution is 6.50. The number of anilines is 2. The lowest BCUT2D eigenvalue weighted by Gasteiger charge is -2.14. The molecule has 1 fully saturated rings. The number of carbonyl (C=O) groups excluding carboxylic acids is 2. The number of hydrogen-bond acceptors (Lipinski definition) is 5. The van der Waals surface area contributed by atoms with Gasteiger partial charge in [0, 0.05) is 37.7 Å². The first-order valence-corrected chi connectivity index (χ1v) is 13.5. The number of halogens is 6. The van der Waals surface area contributed by atoms with Crippen molar-refractivity contribution >= 4 is 80.9 Å². The zero-order chi connectivity index (χ0) is 29.4. The van der Waals surface area contributed by atoms with Crippen LogP contribution in [-0.4, -0.2) is 45.3 Å². The molecule has 1 heterocycles. The zero-order valence-electron chi connectivity index (χ0n) is 21.4. The average molecular weight is 635 g/mol. The molecule has 4 rings (SSSR count). The molecule has 14 heteroatoms. The topological polar surface area (TPSA) is 97.3 Å². The molecule has 2 aromatic carbocycles. The van der Waals surface area contributed by atoms with E-state index in [0.717, 1.165) is 0 Å². The van der Waals surface area contributed by atoms with E-state index in [-0.39, 0.29) is 41.3 Å². The predicted octanol–water partition coefficient (Wildman–Crippen LogP) is 6.38. The second kappa shape index (κ2) is 12.0. The van der Waals surface area contributed by atoms with Crippen molar-refractivity contribution in [3.63, 3.8) is 0 Å². The van der Waals surface area contributed by atoms with Crippen molar-refractivity contribution in [1.82, 2.24) is 20.2 Å². The van der Waals surface area contributed by atoms with Gasteiger partial charge in [0.25, 0.3) is 12.3 Å². The quantitative estimate of drug-likeness (QED) is 0.168. The Bertz CT molecular complexity index is 1490. The highest BCUT2D eigenvalue weighted by Crippen LogP contribution is 2.52. The normalized spacial score (nSPS) is 15.7. The molecular formula is C26H25Cl4F2N5O3. The summed E-state index contributed by atoms with van der Waals surface area (Å²) in [5.41, 5.74) is 2.18. The molecule has 3 aromatic rings. The van der Waals surface area contributed by atoms with E-state index >= 15 is 0 Å². The second-order valence-electron chi connectivity index (χ2n) is 9.39. The van der Waals surface area contributed by atoms with Crippen molar-refractivity contribution in [3.05, 3.63) is 57.6 Å². The summed E-state index contributed by atoms with van der Waals surface area (Å²) < 4.78 is 31.9. The van der Waals surface area contributed by atoms with Crippen LogP contribution in [0, 0.1) is 5.92 Å². The number of benzene rings is 2. The maximum Gasteiger partial charge on any atom is 0.272 e. The number of rotatable bonds is 11. The smallest absolute Gasteiger partial charge is 0.272 e. The van der Waals surface area contributed by atoms with Gasteiger partial charge in [0.15, 0.2) is 0 Å². The first-order valence-electron chi connectivity index (χ1n) is 12.0. The molecule has 1 aliphatic rings. The van der Waals surface area contributed by atoms with E-state index in [1.165, 1.54) is 12.1 Å². The monoisotopic (exact) mass is 633 g/mol. The lowest BCUT2D eigenvalue weighted by atomic mass is 10.1. The van der Waals surface area contributed by atoms with Crippen LogP contribution in [0.25, 0.3) is 11.0 Å². The molecule has 1 aromatic heterocycles. The Hall–Kier alpha value is -2.79. The summed E-state index contributed by atoms with van der Waals surface area (Å²) in [4.78, 5) is 29.4. The lowest BCUT2D eigenvalue weighted by Crippen LogP contribution is -2.27. The van der Waals surface area contributed by atoms with Gasteiger partial charge in [-0.1, -0.05) is 35.8 Å². The van der Waals surface area contributed by atoms with Gasteiger partial charge in [-0.05, 0) is 31.0 Å². The maximum atomic E-state index is 13.0. The highest BCUT2D eigenvalue weighted by atomic mass is 35.5. The minimum Gasteiger partial charge on any atom is -0.487 e. The molecular weight excluding hydrogens is 610 g/mol. The van der Waals surface area contributed by atoms with E-state index in [0.29, 0.717) is 45.2 Å². The zero-order valence-corrected chi connectivity index (χ0v) is 24.4. The molecule has 0 bridgehead atoms. The first-order chi connectivity index (χ1) is 18.8. The number of amides is 2. The van der Waals surface area contributed by atoms with Gasteiger partial charge < -0.3 is 25.3 Å². The Balaban J connectivity index is 1.64. The molecule has 1 saturated carbocycles. The molecule has 2 amide bonds. The van der Waals surface area contributed by atoms with Crippen LogP contribution in [0.3, 0.4) is 0 Å². The standard InChI is InChI=1S/C26H25Cl4F2N5O3/c1-12(2)23(38)33-9-13-4-5-16(27)22(21(13)28)36-25-35-17-6-15(24(39)34-10-14-8-26(14,29)30)19(40-11-20(31)32)7-18(17)37(25)3/h4-7,14,20H,1,8-11H2,2-3H3,(H,33,38)(H,34,39)(H,35,36). The number of alkyl halides is 4. The molecule has 1 atom stereocenters. The van der Waals surface area contributed by atoms with Gasteiger partial charge in [0.05, 0.1) is 32.3 Å². The van der Waals surface area contributed by atoms with Gasteiger partial charge in [-0.3, -0.25) is 9.59 Å². The summed E-state index contributed by atoms with van der Waals surface area (Å²) in [5, 5.41) is 9.09. The number of nitrogens with zero attached hydrogens (tertiary/aromatic N) is 2. The number of ether oxygens (including phenoxy) is 1. The molecule has 0 spiro atoms. The molecule has 3 N–H and O–H groups in total. The van der Waals surface area contributed by atoms with E-state index < -0.39 is 23.3 Å². The Kier molecular flexibility index (Phi) is 9.04. The SMILES string of the molecule is C=C(C)C(=O)NCc1ccc(Cl)c(Nc2nc3cc(C(=O)NCC4CC4(Cl)Cl)c(OCC(F)F)cc3n2C)c1Cl. The molecule has 1 unspecified atom stereocenters. The molecule has 214 valence electrons. The summed E-state index contributed by atoms with van der Waals surface area (Å²) >= 11 is 25.1. The molecule has 0 saturated heterocycles. The fraction of sp³-hybridized carbons (Fsp3) is 0.346. The van der Waals surface area contributed by atoms with Crippen LogP contribution >= 0.6 is 46.4 Å². The van der Waals surface area contributed by atoms with Gasteiger partial charge in [-0.25, -0.2) is 13.8 Å². The largest absolute Gasteiger partial charge is 0.487 e. The van der Waals surface area contributed by atoms with Crippen molar-refractivity contribution in [1.29, 1.82) is 0 Å². The Morgan fingerprint density at radius 3 is 2.58 bits per heavy atom. The first kappa shape index (κ1) is 30.2. The third kappa shape index (κ3) is 6.74. The number of nitrogens with one attached hydrogen (secondary N) is 3. The van der Waals surface area contributed by atoms with Crippen molar-refractivity contribution < 1.29 is 23.1 Å². The maximum absolute atomic E-state index is 13.0. The molecule has 40 heavy (non-hydrogen) atoms. The minimum absolute atomic E-state index is 0.0273. The summed E-state index contributed by atoms with van der Waals surface area (Å²) in [7, 11) is 1.68. The van der Waals surface area contributed by atoms with Crippen molar-refractivity contribution in [2.75, 3.05) is 18.5 Å². The number of aromatic nitrogens is 2. The van der Waals surface area contributed by atoms with Crippen LogP contribution in [0.1, 0.15) is 29.3 Å². The van der Waals surface area contributed by atoms with Crippen LogP contribution in [0.2, 0.25) is 10.0 Å². The van der Waals surface area contributed by atoms with Gasteiger partial charge >= 0.3 is 0 Å². The van der Waals surface area contributed by atoms with E-state index in [4.69, 9.17) is 51.1 Å². The summed E-state index contributed by atoms with van der Waals surface area (Å²) in [6.45, 7) is 4.65. The highest BCUT2D eigenvalue weighted by Gasteiger charge is 2.51. The molecule has 1 aliphatic carbocycles. The third-order valence-corrected chi connectivity index (χ3v) is 7.96. The van der Waals surface area contributed by atoms with Crippen molar-refractivity contribution in [2.45, 2.75) is 30.6 Å². The fourth-order valence-corrected chi connectivity index (χ4v) is 4.93. The fourth-order valence-electron chi connectivity index (χ4n) is 3.87. The van der Waals surface area contributed by atoms with Gasteiger partial charge in [-0.15, -0.1) is 23.2 Å². The summed E-state index contributed by atoms with van der Waals surface area (Å²) in [6.07, 6.45) is -2.21. The Morgan fingerprint density at radius 2 is 1.95 bits per heavy atom. The Labute approximate surface area is 248 Å². The molecule has 0 aliphatic heterocycles.